The van der Waals surface area contributed by atoms with Gasteiger partial charge < -0.3 is 9.47 Å². The SMILES string of the molecule is COc1ccc2c(c1)OC[C@](C)(c1ccncc1)[C@@H]2CCCCCCCCCSCCCC(F)(F)C(F)(F)F. The molecule has 1 aromatic carbocycles. The second-order valence-electron chi connectivity index (χ2n) is 10.6. The van der Waals surface area contributed by atoms with Crippen LogP contribution in [0.25, 0.3) is 0 Å². The number of rotatable bonds is 16. The number of hydrogen-bond acceptors (Lipinski definition) is 4. The minimum atomic E-state index is -5.44. The molecule has 2 aromatic rings. The molecule has 0 fully saturated rings. The van der Waals surface area contributed by atoms with Gasteiger partial charge in [0.1, 0.15) is 11.5 Å². The summed E-state index contributed by atoms with van der Waals surface area (Å²) in [6, 6.07) is 10.3. The highest BCUT2D eigenvalue weighted by Gasteiger charge is 2.56. The largest absolute Gasteiger partial charge is 0.497 e. The van der Waals surface area contributed by atoms with Crippen molar-refractivity contribution in [2.45, 2.75) is 94.6 Å². The molecule has 0 spiro atoms. The van der Waals surface area contributed by atoms with Crippen LogP contribution >= 0.6 is 11.8 Å². The first kappa shape index (κ1) is 31.5. The van der Waals surface area contributed by atoms with Crippen LogP contribution in [0.5, 0.6) is 11.5 Å². The van der Waals surface area contributed by atoms with Crippen molar-refractivity contribution in [1.82, 2.24) is 4.98 Å². The number of pyridine rings is 1. The Morgan fingerprint density at radius 2 is 1.56 bits per heavy atom. The van der Waals surface area contributed by atoms with Gasteiger partial charge in [0.2, 0.25) is 0 Å². The van der Waals surface area contributed by atoms with Crippen molar-refractivity contribution in [1.29, 1.82) is 0 Å². The molecule has 39 heavy (non-hydrogen) atoms. The maximum absolute atomic E-state index is 12.9. The molecule has 3 nitrogen and oxygen atoms in total. The summed E-state index contributed by atoms with van der Waals surface area (Å²) >= 11 is 1.46. The number of ether oxygens (including phenoxy) is 2. The summed E-state index contributed by atoms with van der Waals surface area (Å²) in [7, 11) is 1.66. The van der Waals surface area contributed by atoms with Gasteiger partial charge in [0.15, 0.2) is 0 Å². The zero-order chi connectivity index (χ0) is 28.4. The van der Waals surface area contributed by atoms with E-state index in [2.05, 4.69) is 30.1 Å². The van der Waals surface area contributed by atoms with Crippen LogP contribution in [0.2, 0.25) is 0 Å². The molecule has 0 amide bonds. The first-order valence-electron chi connectivity index (χ1n) is 13.8. The van der Waals surface area contributed by atoms with Crippen LogP contribution in [0.15, 0.2) is 42.7 Å². The highest BCUT2D eigenvalue weighted by atomic mass is 32.2. The number of methoxy groups -OCH3 is 1. The van der Waals surface area contributed by atoms with Gasteiger partial charge in [-0.25, -0.2) is 0 Å². The Hall–Kier alpha value is -2.03. The average molecular weight is 574 g/mol. The number of alkyl halides is 5. The van der Waals surface area contributed by atoms with E-state index in [9.17, 15) is 22.0 Å². The van der Waals surface area contributed by atoms with Crippen LogP contribution in [0, 0.1) is 0 Å². The molecular formula is C30H40F5NO2S. The van der Waals surface area contributed by atoms with Crippen LogP contribution < -0.4 is 9.47 Å². The fraction of sp³-hybridized carbons (Fsp3) is 0.633. The van der Waals surface area contributed by atoms with Gasteiger partial charge in [-0.1, -0.05) is 51.5 Å². The first-order chi connectivity index (χ1) is 18.6. The summed E-state index contributed by atoms with van der Waals surface area (Å²) in [5, 5.41) is 0. The number of hydrogen-bond donors (Lipinski definition) is 0. The van der Waals surface area contributed by atoms with Crippen LogP contribution in [0.1, 0.15) is 88.2 Å². The third-order valence-electron chi connectivity index (χ3n) is 7.71. The Balaban J connectivity index is 1.36. The smallest absolute Gasteiger partial charge is 0.453 e. The fourth-order valence-corrected chi connectivity index (χ4v) is 6.25. The van der Waals surface area contributed by atoms with E-state index in [0.717, 1.165) is 68.6 Å². The molecule has 0 radical (unpaired) electrons. The lowest BCUT2D eigenvalue weighted by Gasteiger charge is -2.43. The normalized spacial score (nSPS) is 19.4. The minimum absolute atomic E-state index is 0.122. The molecule has 0 saturated heterocycles. The lowest BCUT2D eigenvalue weighted by atomic mass is 9.66. The molecule has 1 aromatic heterocycles. The molecule has 1 aliphatic rings. The molecule has 1 aliphatic heterocycles. The molecular weight excluding hydrogens is 533 g/mol. The highest BCUT2D eigenvalue weighted by Crippen LogP contribution is 2.49. The molecule has 2 atom stereocenters. The highest BCUT2D eigenvalue weighted by molar-refractivity contribution is 7.99. The summed E-state index contributed by atoms with van der Waals surface area (Å²) in [6.07, 6.45) is 5.75. The van der Waals surface area contributed by atoms with Crippen molar-refractivity contribution in [2.75, 3.05) is 25.2 Å². The maximum atomic E-state index is 12.9. The van der Waals surface area contributed by atoms with Crippen molar-refractivity contribution in [3.8, 4) is 11.5 Å². The lowest BCUT2D eigenvalue weighted by Crippen LogP contribution is -2.40. The second-order valence-corrected chi connectivity index (χ2v) is 11.8. The Labute approximate surface area is 233 Å². The van der Waals surface area contributed by atoms with Crippen molar-refractivity contribution >= 4 is 11.8 Å². The zero-order valence-corrected chi connectivity index (χ0v) is 23.7. The van der Waals surface area contributed by atoms with E-state index in [-0.39, 0.29) is 11.8 Å². The third kappa shape index (κ3) is 8.73. The van der Waals surface area contributed by atoms with Gasteiger partial charge >= 0.3 is 12.1 Å². The summed E-state index contributed by atoms with van der Waals surface area (Å²) in [4.78, 5) is 4.19. The van der Waals surface area contributed by atoms with E-state index in [1.54, 1.807) is 7.11 Å². The van der Waals surface area contributed by atoms with Gasteiger partial charge in [0.25, 0.3) is 0 Å². The molecule has 3 rings (SSSR count). The van der Waals surface area contributed by atoms with Gasteiger partial charge in [-0.2, -0.15) is 33.7 Å². The summed E-state index contributed by atoms with van der Waals surface area (Å²) in [5.74, 6) is -1.42. The molecule has 218 valence electrons. The number of aromatic nitrogens is 1. The van der Waals surface area contributed by atoms with Gasteiger partial charge in [-0.15, -0.1) is 0 Å². The predicted octanol–water partition coefficient (Wildman–Crippen LogP) is 9.36. The summed E-state index contributed by atoms with van der Waals surface area (Å²) in [6.45, 7) is 2.88. The predicted molar refractivity (Wildman–Crippen MR) is 147 cm³/mol. The molecule has 0 N–H and O–H groups in total. The van der Waals surface area contributed by atoms with Crippen LogP contribution in [-0.2, 0) is 5.41 Å². The van der Waals surface area contributed by atoms with Crippen molar-refractivity contribution in [3.63, 3.8) is 0 Å². The lowest BCUT2D eigenvalue weighted by molar-refractivity contribution is -0.284. The average Bonchev–Trinajstić information content (AvgIpc) is 2.91. The van der Waals surface area contributed by atoms with Crippen molar-refractivity contribution < 1.29 is 31.4 Å². The van der Waals surface area contributed by atoms with Crippen molar-refractivity contribution in [3.05, 3.63) is 53.9 Å². The van der Waals surface area contributed by atoms with E-state index >= 15 is 0 Å². The molecule has 0 unspecified atom stereocenters. The van der Waals surface area contributed by atoms with E-state index in [0.29, 0.717) is 18.3 Å². The van der Waals surface area contributed by atoms with E-state index in [4.69, 9.17) is 9.47 Å². The van der Waals surface area contributed by atoms with E-state index in [1.807, 2.05) is 24.5 Å². The molecule has 2 heterocycles. The van der Waals surface area contributed by atoms with Crippen molar-refractivity contribution in [2.24, 2.45) is 0 Å². The molecule has 0 saturated carbocycles. The summed E-state index contributed by atoms with van der Waals surface area (Å²) in [5.41, 5.74) is 2.31. The van der Waals surface area contributed by atoms with Gasteiger partial charge in [0.05, 0.1) is 13.7 Å². The Kier molecular flexibility index (Phi) is 11.8. The van der Waals surface area contributed by atoms with E-state index in [1.165, 1.54) is 22.9 Å². The standard InChI is InChI=1S/C30H40F5NO2S/c1-28(23-14-17-36-18-15-23)22-38-27-21-24(37-2)12-13-25(27)26(28)11-8-6-4-3-5-7-9-19-39-20-10-16-29(31,32)30(33,34)35/h12-15,17-18,21,26H,3-11,16,19-20,22H2,1-2H3/t26-,28-/m1/s1. The Morgan fingerprint density at radius 3 is 2.23 bits per heavy atom. The van der Waals surface area contributed by atoms with Gasteiger partial charge in [-0.3, -0.25) is 4.98 Å². The Bertz CT molecular complexity index is 1000. The molecule has 0 bridgehead atoms. The number of thioether (sulfide) groups is 1. The number of unbranched alkanes of at least 4 members (excludes halogenated alkanes) is 6. The van der Waals surface area contributed by atoms with Crippen LogP contribution in [-0.4, -0.2) is 42.3 Å². The third-order valence-corrected chi connectivity index (χ3v) is 8.86. The fourth-order valence-electron chi connectivity index (χ4n) is 5.29. The monoisotopic (exact) mass is 573 g/mol. The van der Waals surface area contributed by atoms with Gasteiger partial charge in [-0.05, 0) is 60.1 Å². The zero-order valence-electron chi connectivity index (χ0n) is 22.9. The van der Waals surface area contributed by atoms with Crippen LogP contribution in [0.4, 0.5) is 22.0 Å². The minimum Gasteiger partial charge on any atom is -0.497 e. The van der Waals surface area contributed by atoms with Gasteiger partial charge in [0, 0.05) is 36.2 Å². The second kappa shape index (κ2) is 14.6. The molecule has 9 heteroatoms. The number of halogens is 5. The molecule has 0 aliphatic carbocycles. The number of fused-ring (bicyclic) bond motifs is 1. The topological polar surface area (TPSA) is 31.4 Å². The van der Waals surface area contributed by atoms with E-state index < -0.39 is 18.5 Å². The Morgan fingerprint density at radius 1 is 0.923 bits per heavy atom. The quantitative estimate of drug-likeness (QED) is 0.148. The maximum Gasteiger partial charge on any atom is 0.453 e. The van der Waals surface area contributed by atoms with Crippen LogP contribution in [0.3, 0.4) is 0 Å². The summed E-state index contributed by atoms with van der Waals surface area (Å²) < 4.78 is 74.0. The first-order valence-corrected chi connectivity index (χ1v) is 15.0. The number of nitrogens with zero attached hydrogens (tertiary/aromatic N) is 1. The number of benzene rings is 1.